The third-order valence-corrected chi connectivity index (χ3v) is 7.56. The number of carbonyl (C=O) groups is 2. The molecule has 1 amide bonds. The fourth-order valence-corrected chi connectivity index (χ4v) is 5.63. The smallest absolute Gasteiger partial charge is 0.417 e. The Morgan fingerprint density at radius 1 is 0.956 bits per heavy atom. The predicted octanol–water partition coefficient (Wildman–Crippen LogP) is 6.74. The summed E-state index contributed by atoms with van der Waals surface area (Å²) in [6.45, 7) is 0. The van der Waals surface area contributed by atoms with Crippen molar-refractivity contribution >= 4 is 22.8 Å². The molecule has 0 saturated heterocycles. The van der Waals surface area contributed by atoms with Crippen LogP contribution in [0.3, 0.4) is 0 Å². The van der Waals surface area contributed by atoms with Crippen LogP contribution in [0.25, 0.3) is 10.9 Å². The molecule has 0 aliphatic heterocycles. The summed E-state index contributed by atoms with van der Waals surface area (Å²) in [7, 11) is 1.49. The second-order valence-corrected chi connectivity index (χ2v) is 10.3. The van der Waals surface area contributed by atoms with E-state index in [-0.39, 0.29) is 35.0 Å². The molecule has 1 aliphatic carbocycles. The summed E-state index contributed by atoms with van der Waals surface area (Å²) in [5.74, 6) is -6.32. The van der Waals surface area contributed by atoms with E-state index >= 15 is 0 Å². The molecule has 238 valence electrons. The van der Waals surface area contributed by atoms with E-state index < -0.39 is 64.0 Å². The Labute approximate surface area is 249 Å². The molecular formula is C31H24F8N2O4. The molecule has 0 fully saturated rings. The molecule has 0 saturated carbocycles. The molecule has 1 atom stereocenters. The van der Waals surface area contributed by atoms with Gasteiger partial charge in [0.15, 0.2) is 0 Å². The average molecular weight is 641 g/mol. The van der Waals surface area contributed by atoms with E-state index in [1.807, 2.05) is 6.07 Å². The summed E-state index contributed by atoms with van der Waals surface area (Å²) < 4.78 is 106. The molecule has 0 spiro atoms. The highest BCUT2D eigenvalue weighted by Gasteiger charge is 2.41. The molecule has 3 N–H and O–H groups in total. The first-order valence-electron chi connectivity index (χ1n) is 13.3. The number of primary amides is 1. The van der Waals surface area contributed by atoms with Crippen molar-refractivity contribution in [3.8, 4) is 0 Å². The lowest BCUT2D eigenvalue weighted by atomic mass is 9.87. The van der Waals surface area contributed by atoms with Gasteiger partial charge < -0.3 is 15.4 Å². The number of rotatable bonds is 5. The Balaban J connectivity index is 0.000000259. The molecule has 14 heteroatoms. The number of nitrogens with two attached hydrogens (primary N) is 1. The van der Waals surface area contributed by atoms with E-state index in [9.17, 15) is 49.5 Å². The van der Waals surface area contributed by atoms with Crippen LogP contribution < -0.4 is 11.3 Å². The monoisotopic (exact) mass is 640 g/mol. The molecule has 0 bridgehead atoms. The molecule has 1 unspecified atom stereocenters. The molecular weight excluding hydrogens is 616 g/mol. The second-order valence-electron chi connectivity index (χ2n) is 10.3. The summed E-state index contributed by atoms with van der Waals surface area (Å²) in [6, 6.07) is 11.4. The number of amides is 1. The van der Waals surface area contributed by atoms with Gasteiger partial charge in [-0.3, -0.25) is 14.4 Å². The van der Waals surface area contributed by atoms with Crippen LogP contribution in [0.1, 0.15) is 62.5 Å². The zero-order chi connectivity index (χ0) is 33.4. The van der Waals surface area contributed by atoms with E-state index in [0.717, 1.165) is 11.1 Å². The maximum Gasteiger partial charge on any atom is 0.417 e. The van der Waals surface area contributed by atoms with Gasteiger partial charge in [-0.15, -0.1) is 0 Å². The number of benzene rings is 3. The molecule has 5 rings (SSSR count). The molecule has 4 aromatic rings. The SMILES string of the molecule is Cn1c(=O)c(C2CCc3c(CCC(=O)O)cccc32)c(C(F)(F)F)c2ccccc21.NC(=O)c1c(F)cc(C(F)(F)F)cc1F. The van der Waals surface area contributed by atoms with Gasteiger partial charge in [0.1, 0.15) is 17.2 Å². The van der Waals surface area contributed by atoms with Crippen LogP contribution in [0.2, 0.25) is 0 Å². The van der Waals surface area contributed by atoms with Gasteiger partial charge >= 0.3 is 18.3 Å². The Bertz CT molecular complexity index is 1840. The van der Waals surface area contributed by atoms with Crippen LogP contribution in [-0.4, -0.2) is 21.6 Å². The number of carboxylic acid groups (broad SMARTS) is 1. The predicted molar refractivity (Wildman–Crippen MR) is 147 cm³/mol. The normalized spacial score (nSPS) is 14.6. The van der Waals surface area contributed by atoms with Crippen molar-refractivity contribution in [3.63, 3.8) is 0 Å². The number of alkyl halides is 6. The molecule has 6 nitrogen and oxygen atoms in total. The first-order valence-corrected chi connectivity index (χ1v) is 13.3. The number of carbonyl (C=O) groups excluding carboxylic acids is 1. The van der Waals surface area contributed by atoms with Crippen molar-refractivity contribution < 1.29 is 49.8 Å². The maximum absolute atomic E-state index is 14.2. The standard InChI is InChI=1S/C23H20F3NO3.C8H4F5NO/c1-27-18-8-3-2-6-17(18)21(23(24,25)26)20(22(27)30)16-11-10-14-13(9-12-19(28)29)5-4-7-15(14)16;9-4-1-3(8(11,12)13)2-5(10)6(4)7(14)15/h2-8,16H,9-12H2,1H3,(H,28,29);1-2H,(H2,14,15). The van der Waals surface area contributed by atoms with Gasteiger partial charge in [-0.05, 0) is 54.2 Å². The number of nitrogens with zero attached hydrogens (tertiary/aromatic N) is 1. The highest BCUT2D eigenvalue weighted by molar-refractivity contribution is 5.93. The van der Waals surface area contributed by atoms with Gasteiger partial charge in [0, 0.05) is 30.3 Å². The molecule has 1 aromatic heterocycles. The fraction of sp³-hybridized carbons (Fsp3) is 0.258. The molecule has 0 radical (unpaired) electrons. The van der Waals surface area contributed by atoms with Gasteiger partial charge in [-0.2, -0.15) is 26.3 Å². The summed E-state index contributed by atoms with van der Waals surface area (Å²) >= 11 is 0. The average Bonchev–Trinajstić information content (AvgIpc) is 3.36. The first kappa shape index (κ1) is 33.1. The minimum atomic E-state index is -4.88. The van der Waals surface area contributed by atoms with Gasteiger partial charge in [0.25, 0.3) is 11.5 Å². The van der Waals surface area contributed by atoms with Gasteiger partial charge in [0.2, 0.25) is 0 Å². The van der Waals surface area contributed by atoms with Crippen molar-refractivity contribution in [1.29, 1.82) is 0 Å². The quantitative estimate of drug-likeness (QED) is 0.236. The lowest BCUT2D eigenvalue weighted by molar-refractivity contribution is -0.138. The summed E-state index contributed by atoms with van der Waals surface area (Å²) in [4.78, 5) is 34.5. The molecule has 45 heavy (non-hydrogen) atoms. The van der Waals surface area contributed by atoms with Gasteiger partial charge in [-0.1, -0.05) is 36.4 Å². The molecule has 1 aliphatic rings. The van der Waals surface area contributed by atoms with Crippen molar-refractivity contribution in [2.45, 2.75) is 44.0 Å². The minimum Gasteiger partial charge on any atom is -0.481 e. The second kappa shape index (κ2) is 12.3. The molecule has 3 aromatic carbocycles. The van der Waals surface area contributed by atoms with Crippen LogP contribution in [0, 0.1) is 11.6 Å². The van der Waals surface area contributed by atoms with Crippen LogP contribution in [0.15, 0.2) is 59.4 Å². The third kappa shape index (κ3) is 6.69. The maximum atomic E-state index is 14.2. The number of aliphatic carboxylic acids is 1. The van der Waals surface area contributed by atoms with E-state index in [0.29, 0.717) is 24.8 Å². The number of para-hydroxylation sites is 1. The third-order valence-electron chi connectivity index (χ3n) is 7.56. The van der Waals surface area contributed by atoms with Crippen molar-refractivity contribution in [2.75, 3.05) is 0 Å². The van der Waals surface area contributed by atoms with Crippen LogP contribution in [0.4, 0.5) is 35.1 Å². The number of hydrogen-bond donors (Lipinski definition) is 2. The summed E-state index contributed by atoms with van der Waals surface area (Å²) in [5, 5.41) is 8.99. The largest absolute Gasteiger partial charge is 0.481 e. The van der Waals surface area contributed by atoms with E-state index in [1.165, 1.54) is 23.7 Å². The highest BCUT2D eigenvalue weighted by atomic mass is 19.4. The lowest BCUT2D eigenvalue weighted by Crippen LogP contribution is -2.29. The van der Waals surface area contributed by atoms with Gasteiger partial charge in [0.05, 0.1) is 16.6 Å². The zero-order valence-electron chi connectivity index (χ0n) is 23.3. The van der Waals surface area contributed by atoms with E-state index in [2.05, 4.69) is 5.73 Å². The summed E-state index contributed by atoms with van der Waals surface area (Å²) in [5.41, 5.74) is 2.77. The van der Waals surface area contributed by atoms with Crippen molar-refractivity contribution in [2.24, 2.45) is 12.8 Å². The van der Waals surface area contributed by atoms with Crippen molar-refractivity contribution in [1.82, 2.24) is 4.57 Å². The first-order chi connectivity index (χ1) is 20.9. The number of aryl methyl sites for hydroxylation is 2. The number of halogens is 8. The fourth-order valence-electron chi connectivity index (χ4n) is 5.63. The topological polar surface area (TPSA) is 102 Å². The number of hydrogen-bond acceptors (Lipinski definition) is 3. The van der Waals surface area contributed by atoms with E-state index in [1.54, 1.807) is 24.3 Å². The highest BCUT2D eigenvalue weighted by Crippen LogP contribution is 2.45. The Morgan fingerprint density at radius 2 is 1.58 bits per heavy atom. The van der Waals surface area contributed by atoms with E-state index in [4.69, 9.17) is 5.11 Å². The van der Waals surface area contributed by atoms with Crippen LogP contribution >= 0.6 is 0 Å². The number of carboxylic acids is 1. The Morgan fingerprint density at radius 3 is 2.13 bits per heavy atom. The number of fused-ring (bicyclic) bond motifs is 2. The number of aromatic nitrogens is 1. The van der Waals surface area contributed by atoms with Crippen LogP contribution in [-0.2, 0) is 37.0 Å². The summed E-state index contributed by atoms with van der Waals surface area (Å²) in [6.07, 6.45) is -8.39. The zero-order valence-corrected chi connectivity index (χ0v) is 23.3. The minimum absolute atomic E-state index is 0.0116. The Kier molecular flexibility index (Phi) is 9.08. The lowest BCUT2D eigenvalue weighted by Gasteiger charge is -2.22. The molecule has 1 heterocycles. The Hall–Kier alpha value is -4.75. The van der Waals surface area contributed by atoms with Crippen LogP contribution in [0.5, 0.6) is 0 Å². The number of pyridine rings is 1. The van der Waals surface area contributed by atoms with Crippen molar-refractivity contribution in [3.05, 3.63) is 116 Å². The van der Waals surface area contributed by atoms with Gasteiger partial charge in [-0.25, -0.2) is 8.78 Å².